The molecule has 7 nitrogen and oxygen atoms in total. The summed E-state index contributed by atoms with van der Waals surface area (Å²) in [6.45, 7) is 2.25. The molecule has 1 aliphatic heterocycles. The summed E-state index contributed by atoms with van der Waals surface area (Å²) in [4.78, 5) is 12.8. The van der Waals surface area contributed by atoms with E-state index < -0.39 is 5.97 Å². The van der Waals surface area contributed by atoms with Crippen LogP contribution in [0.2, 0.25) is 5.02 Å². The van der Waals surface area contributed by atoms with Crippen LogP contribution in [0.15, 0.2) is 84.0 Å². The number of hydrogen-bond acceptors (Lipinski definition) is 6. The number of para-hydroxylation sites is 1. The smallest absolute Gasteiger partial charge is 0.344 e. The minimum Gasteiger partial charge on any atom is -0.402 e. The second-order valence-electron chi connectivity index (χ2n) is 7.24. The number of nitrogens with zero attached hydrogens (tertiary/aromatic N) is 5. The van der Waals surface area contributed by atoms with Crippen LogP contribution in [0.1, 0.15) is 27.3 Å². The molecule has 0 saturated heterocycles. The van der Waals surface area contributed by atoms with E-state index in [4.69, 9.17) is 21.4 Å². The molecule has 0 bridgehead atoms. The van der Waals surface area contributed by atoms with Crippen LogP contribution in [-0.2, 0) is 11.3 Å². The summed E-state index contributed by atoms with van der Waals surface area (Å²) in [5.41, 5.74) is 2.85. The Morgan fingerprint density at radius 3 is 2.44 bits per heavy atom. The lowest BCUT2D eigenvalue weighted by molar-refractivity contribution is 0.0717. The molecule has 32 heavy (non-hydrogen) atoms. The van der Waals surface area contributed by atoms with Crippen molar-refractivity contribution < 1.29 is 9.53 Å². The molecule has 158 valence electrons. The lowest BCUT2D eigenvalue weighted by atomic mass is 10.1. The Kier molecular flexibility index (Phi) is 5.17. The highest BCUT2D eigenvalue weighted by Gasteiger charge is 2.28. The van der Waals surface area contributed by atoms with Crippen LogP contribution in [0.25, 0.3) is 5.69 Å². The molecule has 0 radical (unpaired) electrons. The van der Waals surface area contributed by atoms with Gasteiger partial charge in [0.05, 0.1) is 23.4 Å². The maximum absolute atomic E-state index is 12.8. The molecule has 0 unspecified atom stereocenters. The number of fused-ring (bicyclic) bond motifs is 3. The van der Waals surface area contributed by atoms with E-state index in [1.165, 1.54) is 0 Å². The normalized spacial score (nSPS) is 12.4. The number of benzene rings is 3. The first kappa shape index (κ1) is 20.0. The summed E-state index contributed by atoms with van der Waals surface area (Å²) < 4.78 is 7.70. The predicted molar refractivity (Wildman–Crippen MR) is 122 cm³/mol. The molecule has 0 spiro atoms. The zero-order chi connectivity index (χ0) is 22.1. The topological polar surface area (TPSA) is 72.6 Å². The van der Waals surface area contributed by atoms with Crippen molar-refractivity contribution in [3.05, 3.63) is 106 Å². The van der Waals surface area contributed by atoms with Gasteiger partial charge in [-0.3, -0.25) is 4.57 Å². The van der Waals surface area contributed by atoms with E-state index in [0.717, 1.165) is 11.3 Å². The highest BCUT2D eigenvalue weighted by Crippen LogP contribution is 2.29. The number of aryl methyl sites for hydroxylation is 1. The fraction of sp³-hybridized carbons (Fsp3) is 0.0833. The molecule has 0 saturated carbocycles. The third-order valence-corrected chi connectivity index (χ3v) is 5.32. The number of hydrogen-bond donors (Lipinski definition) is 0. The van der Waals surface area contributed by atoms with Crippen molar-refractivity contribution in [2.75, 3.05) is 5.01 Å². The molecular weight excluding hydrogens is 426 g/mol. The van der Waals surface area contributed by atoms with Gasteiger partial charge in [0.1, 0.15) is 5.82 Å². The SMILES string of the molecule is Cc1nnc2n1-c1ccccc1C(OC(=O)c1ccccc1)=NN2Cc1ccc(Cl)cc1. The van der Waals surface area contributed by atoms with E-state index in [0.29, 0.717) is 34.5 Å². The number of halogens is 1. The lowest BCUT2D eigenvalue weighted by Gasteiger charge is -2.17. The van der Waals surface area contributed by atoms with Gasteiger partial charge in [-0.1, -0.05) is 54.1 Å². The van der Waals surface area contributed by atoms with Crippen LogP contribution in [-0.4, -0.2) is 26.6 Å². The summed E-state index contributed by atoms with van der Waals surface area (Å²) in [6.07, 6.45) is 0. The standard InChI is InChI=1S/C24H18ClN5O2/c1-16-26-27-24-29(15-17-11-13-19(25)14-12-17)28-22(20-9-5-6-10-21(20)30(16)24)32-23(31)18-7-3-2-4-8-18/h2-14H,15H2,1H3. The summed E-state index contributed by atoms with van der Waals surface area (Å²) in [5, 5.41) is 15.6. The van der Waals surface area contributed by atoms with E-state index in [9.17, 15) is 4.79 Å². The number of esters is 1. The van der Waals surface area contributed by atoms with Crippen LogP contribution in [0.3, 0.4) is 0 Å². The largest absolute Gasteiger partial charge is 0.402 e. The Hall–Kier alpha value is -3.97. The molecule has 0 N–H and O–H groups in total. The highest BCUT2D eigenvalue weighted by atomic mass is 35.5. The van der Waals surface area contributed by atoms with Crippen LogP contribution in [0.5, 0.6) is 0 Å². The summed E-state index contributed by atoms with van der Waals surface area (Å²) in [7, 11) is 0. The molecule has 0 atom stereocenters. The quantitative estimate of drug-likeness (QED) is 0.426. The Morgan fingerprint density at radius 1 is 0.938 bits per heavy atom. The van der Waals surface area contributed by atoms with E-state index in [2.05, 4.69) is 10.2 Å². The Bertz CT molecular complexity index is 1320. The van der Waals surface area contributed by atoms with Crippen LogP contribution in [0, 0.1) is 6.92 Å². The first-order chi connectivity index (χ1) is 15.6. The maximum atomic E-state index is 12.8. The molecule has 5 rings (SSSR count). The van der Waals surface area contributed by atoms with Gasteiger partial charge in [0.2, 0.25) is 5.90 Å². The average Bonchev–Trinajstić information content (AvgIpc) is 3.15. The first-order valence-electron chi connectivity index (χ1n) is 10.00. The van der Waals surface area contributed by atoms with Crippen molar-refractivity contribution in [1.29, 1.82) is 0 Å². The fourth-order valence-corrected chi connectivity index (χ4v) is 3.65. The highest BCUT2D eigenvalue weighted by molar-refractivity contribution is 6.30. The van der Waals surface area contributed by atoms with Crippen molar-refractivity contribution in [3.63, 3.8) is 0 Å². The number of anilines is 1. The minimum absolute atomic E-state index is 0.188. The zero-order valence-corrected chi connectivity index (χ0v) is 17.9. The monoisotopic (exact) mass is 443 g/mol. The zero-order valence-electron chi connectivity index (χ0n) is 17.1. The molecule has 2 heterocycles. The van der Waals surface area contributed by atoms with E-state index in [1.807, 2.05) is 66.1 Å². The number of ether oxygens (including phenoxy) is 1. The van der Waals surface area contributed by atoms with Crippen molar-refractivity contribution in [1.82, 2.24) is 14.8 Å². The van der Waals surface area contributed by atoms with Crippen LogP contribution < -0.4 is 5.01 Å². The number of carbonyl (C=O) groups is 1. The molecule has 0 fully saturated rings. The minimum atomic E-state index is -0.486. The lowest BCUT2D eigenvalue weighted by Crippen LogP contribution is -2.22. The second-order valence-corrected chi connectivity index (χ2v) is 7.68. The van der Waals surface area contributed by atoms with Crippen molar-refractivity contribution >= 4 is 29.4 Å². The van der Waals surface area contributed by atoms with Gasteiger partial charge in [-0.15, -0.1) is 15.3 Å². The third kappa shape index (κ3) is 3.74. The predicted octanol–water partition coefficient (Wildman–Crippen LogP) is 4.77. The number of aromatic nitrogens is 3. The van der Waals surface area contributed by atoms with Crippen LogP contribution >= 0.6 is 11.6 Å². The fourth-order valence-electron chi connectivity index (χ4n) is 3.52. The molecule has 1 aliphatic rings. The molecule has 8 heteroatoms. The van der Waals surface area contributed by atoms with Crippen molar-refractivity contribution in [2.24, 2.45) is 5.10 Å². The van der Waals surface area contributed by atoms with Gasteiger partial charge >= 0.3 is 5.97 Å². The van der Waals surface area contributed by atoms with E-state index >= 15 is 0 Å². The Morgan fingerprint density at radius 2 is 1.66 bits per heavy atom. The molecule has 0 amide bonds. The molecule has 4 aromatic rings. The number of carbonyl (C=O) groups excluding carboxylic acids is 1. The molecular formula is C24H18ClN5O2. The van der Waals surface area contributed by atoms with E-state index in [-0.39, 0.29) is 5.90 Å². The average molecular weight is 444 g/mol. The summed E-state index contributed by atoms with van der Waals surface area (Å²) in [5.74, 6) is 0.920. The summed E-state index contributed by atoms with van der Waals surface area (Å²) >= 11 is 6.04. The Balaban J connectivity index is 1.61. The van der Waals surface area contributed by atoms with Crippen molar-refractivity contribution in [2.45, 2.75) is 13.5 Å². The Labute approximate surface area is 189 Å². The van der Waals surface area contributed by atoms with Gasteiger partial charge in [0.25, 0.3) is 5.95 Å². The van der Waals surface area contributed by atoms with Gasteiger partial charge in [-0.2, -0.15) is 0 Å². The second kappa shape index (κ2) is 8.28. The first-order valence-corrected chi connectivity index (χ1v) is 10.4. The van der Waals surface area contributed by atoms with Gasteiger partial charge in [-0.05, 0) is 48.9 Å². The molecule has 0 aliphatic carbocycles. The number of rotatable bonds is 3. The van der Waals surface area contributed by atoms with Gasteiger partial charge in [0, 0.05) is 5.02 Å². The number of hydrazone groups is 1. The van der Waals surface area contributed by atoms with Crippen molar-refractivity contribution in [3.8, 4) is 5.69 Å². The summed E-state index contributed by atoms with van der Waals surface area (Å²) in [6, 6.07) is 23.9. The molecule has 1 aromatic heterocycles. The van der Waals surface area contributed by atoms with Gasteiger partial charge in [0.15, 0.2) is 0 Å². The van der Waals surface area contributed by atoms with Gasteiger partial charge < -0.3 is 4.74 Å². The molecule has 3 aromatic carbocycles. The van der Waals surface area contributed by atoms with Crippen LogP contribution in [0.4, 0.5) is 5.95 Å². The van der Waals surface area contributed by atoms with E-state index in [1.54, 1.807) is 29.3 Å². The van der Waals surface area contributed by atoms with Gasteiger partial charge in [-0.25, -0.2) is 9.80 Å². The maximum Gasteiger partial charge on any atom is 0.344 e. The third-order valence-electron chi connectivity index (χ3n) is 5.07.